The minimum Gasteiger partial charge on any atom is -0.325 e. The molecule has 1 heterocycles. The van der Waals surface area contributed by atoms with Crippen LogP contribution in [-0.2, 0) is 14.4 Å². The summed E-state index contributed by atoms with van der Waals surface area (Å²) in [5, 5.41) is 2.79. The fourth-order valence-corrected chi connectivity index (χ4v) is 4.90. The van der Waals surface area contributed by atoms with Gasteiger partial charge >= 0.3 is 0 Å². The zero-order valence-corrected chi connectivity index (χ0v) is 17.9. The Morgan fingerprint density at radius 2 is 1.63 bits per heavy atom. The molecule has 2 aromatic rings. The van der Waals surface area contributed by atoms with Crippen LogP contribution in [0.1, 0.15) is 24.0 Å². The summed E-state index contributed by atoms with van der Waals surface area (Å²) in [4.78, 5) is 40.8. The van der Waals surface area contributed by atoms with Crippen molar-refractivity contribution in [3.05, 3.63) is 65.7 Å². The monoisotopic (exact) mass is 420 g/mol. The fraction of sp³-hybridized carbons (Fsp3) is 0.292. The lowest BCUT2D eigenvalue weighted by molar-refractivity contribution is -0.142. The molecule has 1 N–H and O–H groups in total. The highest BCUT2D eigenvalue weighted by atomic mass is 32.2. The number of aryl methyl sites for hydroxylation is 2. The van der Waals surface area contributed by atoms with Crippen LogP contribution in [0.3, 0.4) is 0 Å². The lowest BCUT2D eigenvalue weighted by Gasteiger charge is -2.14. The number of rotatable bonds is 5. The van der Waals surface area contributed by atoms with Gasteiger partial charge in [0.25, 0.3) is 0 Å². The van der Waals surface area contributed by atoms with Gasteiger partial charge in [0.05, 0.1) is 11.8 Å². The molecule has 1 aliphatic carbocycles. The molecule has 2 aliphatic rings. The maximum absolute atomic E-state index is 12.5. The van der Waals surface area contributed by atoms with Crippen molar-refractivity contribution in [3.8, 4) is 0 Å². The first kappa shape index (κ1) is 20.4. The normalized spacial score (nSPS) is 20.4. The molecule has 0 radical (unpaired) electrons. The molecule has 1 saturated heterocycles. The molecular formula is C24H24N2O3S. The molecule has 6 heteroatoms. The minimum absolute atomic E-state index is 0.232. The molecule has 4 rings (SSSR count). The molecule has 2 atom stereocenters. The van der Waals surface area contributed by atoms with Gasteiger partial charge in [0.1, 0.15) is 6.54 Å². The third-order valence-electron chi connectivity index (χ3n) is 5.60. The van der Waals surface area contributed by atoms with Crippen LogP contribution in [0.2, 0.25) is 0 Å². The molecular weight excluding hydrogens is 396 g/mol. The minimum atomic E-state index is -0.363. The van der Waals surface area contributed by atoms with Gasteiger partial charge < -0.3 is 5.32 Å². The van der Waals surface area contributed by atoms with E-state index >= 15 is 0 Å². The van der Waals surface area contributed by atoms with E-state index in [1.165, 1.54) is 16.0 Å². The van der Waals surface area contributed by atoms with Gasteiger partial charge in [-0.3, -0.25) is 19.3 Å². The van der Waals surface area contributed by atoms with Crippen molar-refractivity contribution in [3.63, 3.8) is 0 Å². The summed E-state index contributed by atoms with van der Waals surface area (Å²) in [5.74, 6) is -1.44. The van der Waals surface area contributed by atoms with Crippen LogP contribution < -0.4 is 5.32 Å². The molecule has 1 aliphatic heterocycles. The third-order valence-corrected chi connectivity index (χ3v) is 6.78. The second-order valence-corrected chi connectivity index (χ2v) is 8.98. The van der Waals surface area contributed by atoms with Crippen molar-refractivity contribution in [2.45, 2.75) is 36.5 Å². The zero-order valence-electron chi connectivity index (χ0n) is 17.1. The first-order valence-electron chi connectivity index (χ1n) is 10.1. The molecule has 3 amide bonds. The standard InChI is InChI=1S/C24H24N2O3S/c1-15-7-12-21(16(2)13-15)30-18-10-8-17(9-11-18)25-22(27)14-26-23(28)19-5-3-4-6-20(19)24(26)29/h3-4,7-13,19-20H,5-6,14H2,1-2H3,(H,25,27). The van der Waals surface area contributed by atoms with E-state index in [-0.39, 0.29) is 36.1 Å². The first-order valence-corrected chi connectivity index (χ1v) is 10.9. The molecule has 0 spiro atoms. The van der Waals surface area contributed by atoms with E-state index < -0.39 is 0 Å². The highest BCUT2D eigenvalue weighted by Gasteiger charge is 2.47. The lowest BCUT2D eigenvalue weighted by atomic mass is 9.85. The Bertz CT molecular complexity index is 1000. The predicted octanol–water partition coefficient (Wildman–Crippen LogP) is 4.34. The molecule has 30 heavy (non-hydrogen) atoms. The molecule has 2 aromatic carbocycles. The third kappa shape index (κ3) is 4.19. The maximum atomic E-state index is 12.5. The number of likely N-dealkylation sites (tertiary alicyclic amines) is 1. The van der Waals surface area contributed by atoms with E-state index in [0.29, 0.717) is 18.5 Å². The van der Waals surface area contributed by atoms with Crippen LogP contribution in [0.4, 0.5) is 5.69 Å². The number of benzene rings is 2. The Morgan fingerprint density at radius 1 is 1.00 bits per heavy atom. The number of nitrogens with zero attached hydrogens (tertiary/aromatic N) is 1. The number of imide groups is 1. The topological polar surface area (TPSA) is 66.5 Å². The van der Waals surface area contributed by atoms with Crippen molar-refractivity contribution in [2.24, 2.45) is 11.8 Å². The Balaban J connectivity index is 1.36. The molecule has 154 valence electrons. The van der Waals surface area contributed by atoms with E-state index in [4.69, 9.17) is 0 Å². The van der Waals surface area contributed by atoms with E-state index in [0.717, 1.165) is 9.80 Å². The number of anilines is 1. The van der Waals surface area contributed by atoms with Gasteiger partial charge in [0.15, 0.2) is 0 Å². The molecule has 0 bridgehead atoms. The molecule has 5 nitrogen and oxygen atoms in total. The lowest BCUT2D eigenvalue weighted by Crippen LogP contribution is -2.38. The van der Waals surface area contributed by atoms with Gasteiger partial charge in [-0.25, -0.2) is 0 Å². The summed E-state index contributed by atoms with van der Waals surface area (Å²) >= 11 is 1.67. The fourth-order valence-electron chi connectivity index (χ4n) is 4.02. The highest BCUT2D eigenvalue weighted by Crippen LogP contribution is 2.35. The van der Waals surface area contributed by atoms with Crippen LogP contribution in [-0.4, -0.2) is 29.2 Å². The summed E-state index contributed by atoms with van der Waals surface area (Å²) in [5.41, 5.74) is 3.11. The molecule has 1 fully saturated rings. The number of hydrogen-bond donors (Lipinski definition) is 1. The number of hydrogen-bond acceptors (Lipinski definition) is 4. The van der Waals surface area contributed by atoms with Gasteiger partial charge in [0, 0.05) is 15.5 Å². The number of allylic oxidation sites excluding steroid dienone is 2. The van der Waals surface area contributed by atoms with Gasteiger partial charge in [-0.15, -0.1) is 0 Å². The number of carbonyl (C=O) groups is 3. The number of nitrogens with one attached hydrogen (secondary N) is 1. The van der Waals surface area contributed by atoms with E-state index in [2.05, 4.69) is 37.4 Å². The summed E-state index contributed by atoms with van der Waals surface area (Å²) in [6, 6.07) is 13.9. The van der Waals surface area contributed by atoms with Crippen molar-refractivity contribution in [2.75, 3.05) is 11.9 Å². The SMILES string of the molecule is Cc1ccc(Sc2ccc(NC(=O)CN3C(=O)C4CC=CCC4C3=O)cc2)c(C)c1. The number of fused-ring (bicyclic) bond motifs is 1. The van der Waals surface area contributed by atoms with Crippen LogP contribution in [0.5, 0.6) is 0 Å². The average molecular weight is 421 g/mol. The largest absolute Gasteiger partial charge is 0.325 e. The second kappa shape index (κ2) is 8.48. The van der Waals surface area contributed by atoms with Crippen molar-refractivity contribution >= 4 is 35.2 Å². The summed E-state index contributed by atoms with van der Waals surface area (Å²) in [7, 11) is 0. The van der Waals surface area contributed by atoms with Crippen LogP contribution >= 0.6 is 11.8 Å². The van der Waals surface area contributed by atoms with Gasteiger partial charge in [-0.1, -0.05) is 41.6 Å². The highest BCUT2D eigenvalue weighted by molar-refractivity contribution is 7.99. The molecule has 2 unspecified atom stereocenters. The molecule has 0 aromatic heterocycles. The van der Waals surface area contributed by atoms with E-state index in [9.17, 15) is 14.4 Å². The van der Waals surface area contributed by atoms with E-state index in [1.54, 1.807) is 11.8 Å². The van der Waals surface area contributed by atoms with Crippen LogP contribution in [0.15, 0.2) is 64.4 Å². The van der Waals surface area contributed by atoms with Crippen molar-refractivity contribution < 1.29 is 14.4 Å². The van der Waals surface area contributed by atoms with Crippen LogP contribution in [0, 0.1) is 25.7 Å². The Labute approximate surface area is 180 Å². The van der Waals surface area contributed by atoms with Crippen LogP contribution in [0.25, 0.3) is 0 Å². The predicted molar refractivity (Wildman–Crippen MR) is 117 cm³/mol. The van der Waals surface area contributed by atoms with Gasteiger partial charge in [-0.05, 0) is 62.6 Å². The Kier molecular flexibility index (Phi) is 5.77. The average Bonchev–Trinajstić information content (AvgIpc) is 2.96. The summed E-state index contributed by atoms with van der Waals surface area (Å²) < 4.78 is 0. The first-order chi connectivity index (χ1) is 14.4. The maximum Gasteiger partial charge on any atom is 0.244 e. The van der Waals surface area contributed by atoms with E-state index in [1.807, 2.05) is 36.4 Å². The zero-order chi connectivity index (χ0) is 21.3. The number of carbonyl (C=O) groups excluding carboxylic acids is 3. The number of amides is 3. The molecule has 0 saturated carbocycles. The van der Waals surface area contributed by atoms with Crippen molar-refractivity contribution in [1.82, 2.24) is 4.90 Å². The van der Waals surface area contributed by atoms with Gasteiger partial charge in [-0.2, -0.15) is 0 Å². The van der Waals surface area contributed by atoms with Gasteiger partial charge in [0.2, 0.25) is 17.7 Å². The Morgan fingerprint density at radius 3 is 2.23 bits per heavy atom. The van der Waals surface area contributed by atoms with Crippen molar-refractivity contribution in [1.29, 1.82) is 0 Å². The summed E-state index contributed by atoms with van der Waals surface area (Å²) in [6.45, 7) is 3.94. The smallest absolute Gasteiger partial charge is 0.244 e. The quantitative estimate of drug-likeness (QED) is 0.577. The second-order valence-electron chi connectivity index (χ2n) is 7.86. The summed E-state index contributed by atoms with van der Waals surface area (Å²) in [6.07, 6.45) is 5.03. The Hall–Kier alpha value is -2.86.